The number of benzene rings is 1. The fourth-order valence-electron chi connectivity index (χ4n) is 4.31. The van der Waals surface area contributed by atoms with Crippen molar-refractivity contribution in [2.45, 2.75) is 56.7 Å². The van der Waals surface area contributed by atoms with Crippen molar-refractivity contribution >= 4 is 15.5 Å². The normalized spacial score (nSPS) is 15.3. The van der Waals surface area contributed by atoms with E-state index < -0.39 is 9.84 Å². The molecule has 0 unspecified atom stereocenters. The number of nitrogens with zero attached hydrogens (tertiary/aromatic N) is 8. The van der Waals surface area contributed by atoms with Crippen molar-refractivity contribution in [3.05, 3.63) is 81.7 Å². The van der Waals surface area contributed by atoms with Crippen molar-refractivity contribution in [3.63, 3.8) is 0 Å². The van der Waals surface area contributed by atoms with Gasteiger partial charge in [0.15, 0.2) is 9.84 Å². The summed E-state index contributed by atoms with van der Waals surface area (Å²) < 4.78 is 26.4. The van der Waals surface area contributed by atoms with Crippen molar-refractivity contribution in [3.8, 4) is 0 Å². The van der Waals surface area contributed by atoms with E-state index in [-0.39, 0.29) is 11.0 Å². The van der Waals surface area contributed by atoms with Gasteiger partial charge >= 0.3 is 0 Å². The highest BCUT2D eigenvalue weighted by Crippen LogP contribution is 2.29. The van der Waals surface area contributed by atoms with Gasteiger partial charge in [0.05, 0.1) is 35.1 Å². The highest BCUT2D eigenvalue weighted by molar-refractivity contribution is 7.91. The Morgan fingerprint density at radius 3 is 2.69 bits per heavy atom. The summed E-state index contributed by atoms with van der Waals surface area (Å²) in [6.07, 6.45) is 5.57. The second kappa shape index (κ2) is 11.0. The lowest BCUT2D eigenvalue weighted by molar-refractivity contribution is 0.202. The molecule has 0 atom stereocenters. The Morgan fingerprint density at radius 2 is 1.94 bits per heavy atom. The molecule has 0 radical (unpaired) electrons. The minimum absolute atomic E-state index is 0.0956. The molecule has 3 aromatic rings. The summed E-state index contributed by atoms with van der Waals surface area (Å²) in [7, 11) is -3.11. The van der Waals surface area contributed by atoms with Crippen LogP contribution in [0.2, 0.25) is 0 Å². The largest absolute Gasteiger partial charge is 0.297 e. The smallest absolute Gasteiger partial charge is 0.156 e. The van der Waals surface area contributed by atoms with E-state index >= 15 is 0 Å². The SMILES string of the molecule is CC(C)S(=O)(=O)Cc1cccc(C2CCN(Cc3cn(Cc4cc(N=[N+]=[N-])ccn4)nn3)CC2)c1. The molecule has 4 rings (SSSR count). The van der Waals surface area contributed by atoms with E-state index in [1.807, 2.05) is 18.3 Å². The number of pyridine rings is 1. The average molecular weight is 495 g/mol. The van der Waals surface area contributed by atoms with Gasteiger partial charge in [-0.3, -0.25) is 9.88 Å². The van der Waals surface area contributed by atoms with Crippen LogP contribution in [0.3, 0.4) is 0 Å². The summed E-state index contributed by atoms with van der Waals surface area (Å²) in [6, 6.07) is 11.5. The van der Waals surface area contributed by atoms with E-state index in [4.69, 9.17) is 5.53 Å². The molecule has 1 aliphatic rings. The first kappa shape index (κ1) is 24.8. The Hall–Kier alpha value is -3.27. The predicted octanol–water partition coefficient (Wildman–Crippen LogP) is 4.37. The third-order valence-electron chi connectivity index (χ3n) is 6.35. The third kappa shape index (κ3) is 6.66. The molecule has 1 fully saturated rings. The molecular weight excluding hydrogens is 464 g/mol. The van der Waals surface area contributed by atoms with Gasteiger partial charge in [-0.05, 0) is 74.5 Å². The number of aromatic nitrogens is 4. The molecular formula is C24H30N8O2S. The number of hydrogen-bond donors (Lipinski definition) is 0. The number of azide groups is 1. The fourth-order valence-corrected chi connectivity index (χ4v) is 5.29. The van der Waals surface area contributed by atoms with Gasteiger partial charge in [0.25, 0.3) is 0 Å². The predicted molar refractivity (Wildman–Crippen MR) is 134 cm³/mol. The summed E-state index contributed by atoms with van der Waals surface area (Å²) in [5.41, 5.74) is 12.9. The second-order valence-corrected chi connectivity index (χ2v) is 11.8. The topological polar surface area (TPSA) is 130 Å². The summed E-state index contributed by atoms with van der Waals surface area (Å²) >= 11 is 0. The molecule has 3 heterocycles. The second-order valence-electron chi connectivity index (χ2n) is 9.25. The lowest BCUT2D eigenvalue weighted by Gasteiger charge is -2.31. The lowest BCUT2D eigenvalue weighted by Crippen LogP contribution is -2.32. The number of sulfone groups is 1. The molecule has 0 saturated carbocycles. The quantitative estimate of drug-likeness (QED) is 0.247. The first-order valence-corrected chi connectivity index (χ1v) is 13.5. The van der Waals surface area contributed by atoms with Crippen LogP contribution in [-0.4, -0.2) is 51.6 Å². The van der Waals surface area contributed by atoms with Crippen LogP contribution in [0.5, 0.6) is 0 Å². The van der Waals surface area contributed by atoms with Gasteiger partial charge in [0.2, 0.25) is 0 Å². The molecule has 0 N–H and O–H groups in total. The van der Waals surface area contributed by atoms with E-state index in [9.17, 15) is 8.42 Å². The van der Waals surface area contributed by atoms with E-state index in [1.165, 1.54) is 5.56 Å². The van der Waals surface area contributed by atoms with Crippen molar-refractivity contribution in [2.75, 3.05) is 13.1 Å². The van der Waals surface area contributed by atoms with Crippen molar-refractivity contribution < 1.29 is 8.42 Å². The van der Waals surface area contributed by atoms with Crippen LogP contribution in [0.25, 0.3) is 10.4 Å². The van der Waals surface area contributed by atoms with Crippen LogP contribution < -0.4 is 0 Å². The van der Waals surface area contributed by atoms with Gasteiger partial charge in [-0.2, -0.15) is 0 Å². The molecule has 0 amide bonds. The Labute approximate surface area is 205 Å². The van der Waals surface area contributed by atoms with Crippen LogP contribution in [0, 0.1) is 0 Å². The van der Waals surface area contributed by atoms with Crippen LogP contribution in [-0.2, 0) is 28.7 Å². The summed E-state index contributed by atoms with van der Waals surface area (Å²) in [5, 5.41) is 11.8. The standard InChI is InChI=1S/C24H30N8O2S/c1-18(2)35(33,34)17-19-4-3-5-21(12-19)20-7-10-31(11-8-20)14-24-16-32(30-28-24)15-23-13-22(27-29-25)6-9-26-23/h3-6,9,12-13,16,18,20H,7-8,10-11,14-15,17H2,1-2H3. The maximum atomic E-state index is 12.3. The van der Waals surface area contributed by atoms with Gasteiger partial charge in [-0.1, -0.05) is 34.6 Å². The van der Waals surface area contributed by atoms with E-state index in [0.29, 0.717) is 18.2 Å². The zero-order chi connectivity index (χ0) is 24.8. The van der Waals surface area contributed by atoms with E-state index in [2.05, 4.69) is 42.4 Å². The number of hydrogen-bond acceptors (Lipinski definition) is 7. The Kier molecular flexibility index (Phi) is 7.80. The van der Waals surface area contributed by atoms with E-state index in [1.54, 1.807) is 36.9 Å². The minimum atomic E-state index is -3.11. The van der Waals surface area contributed by atoms with Crippen LogP contribution in [0.4, 0.5) is 5.69 Å². The summed E-state index contributed by atoms with van der Waals surface area (Å²) in [6.45, 7) is 6.53. The van der Waals surface area contributed by atoms with Crippen molar-refractivity contribution in [1.82, 2.24) is 24.9 Å². The lowest BCUT2D eigenvalue weighted by atomic mass is 9.88. The molecule has 1 saturated heterocycles. The summed E-state index contributed by atoms with van der Waals surface area (Å²) in [4.78, 5) is 9.48. The minimum Gasteiger partial charge on any atom is -0.297 e. The first-order valence-electron chi connectivity index (χ1n) is 11.7. The average Bonchev–Trinajstić information content (AvgIpc) is 3.26. The maximum Gasteiger partial charge on any atom is 0.156 e. The molecule has 1 aromatic carbocycles. The summed E-state index contributed by atoms with van der Waals surface area (Å²) in [5.74, 6) is 0.524. The van der Waals surface area contributed by atoms with Crippen molar-refractivity contribution in [1.29, 1.82) is 0 Å². The number of piperidine rings is 1. The maximum absolute atomic E-state index is 12.3. The zero-order valence-corrected chi connectivity index (χ0v) is 20.8. The molecule has 0 aliphatic carbocycles. The molecule has 11 heteroatoms. The Bertz CT molecular complexity index is 1310. The molecule has 0 spiro atoms. The number of likely N-dealkylation sites (tertiary alicyclic amines) is 1. The molecule has 0 bridgehead atoms. The van der Waals surface area contributed by atoms with E-state index in [0.717, 1.165) is 49.4 Å². The van der Waals surface area contributed by atoms with Gasteiger partial charge in [0, 0.05) is 23.3 Å². The third-order valence-corrected chi connectivity index (χ3v) is 8.52. The van der Waals surface area contributed by atoms with Gasteiger partial charge in [-0.25, -0.2) is 13.1 Å². The highest BCUT2D eigenvalue weighted by Gasteiger charge is 2.23. The van der Waals surface area contributed by atoms with Crippen LogP contribution >= 0.6 is 0 Å². The van der Waals surface area contributed by atoms with Crippen LogP contribution in [0.1, 0.15) is 55.1 Å². The fraction of sp³-hybridized carbons (Fsp3) is 0.458. The molecule has 184 valence electrons. The molecule has 2 aromatic heterocycles. The van der Waals surface area contributed by atoms with Gasteiger partial charge < -0.3 is 0 Å². The zero-order valence-electron chi connectivity index (χ0n) is 20.0. The van der Waals surface area contributed by atoms with Gasteiger partial charge in [0.1, 0.15) is 0 Å². The van der Waals surface area contributed by atoms with Crippen LogP contribution in [0.15, 0.2) is 53.9 Å². The molecule has 1 aliphatic heterocycles. The molecule has 35 heavy (non-hydrogen) atoms. The Balaban J connectivity index is 1.31. The van der Waals surface area contributed by atoms with Crippen molar-refractivity contribution in [2.24, 2.45) is 5.11 Å². The molecule has 10 nitrogen and oxygen atoms in total. The number of rotatable bonds is 9. The highest BCUT2D eigenvalue weighted by atomic mass is 32.2. The Morgan fingerprint density at radius 1 is 1.14 bits per heavy atom. The van der Waals surface area contributed by atoms with Gasteiger partial charge in [-0.15, -0.1) is 5.10 Å². The monoisotopic (exact) mass is 494 g/mol. The first-order chi connectivity index (χ1) is 16.8.